The lowest BCUT2D eigenvalue weighted by Crippen LogP contribution is -2.42. The van der Waals surface area contributed by atoms with Crippen molar-refractivity contribution in [3.8, 4) is 0 Å². The van der Waals surface area contributed by atoms with Gasteiger partial charge >= 0.3 is 0 Å². The van der Waals surface area contributed by atoms with E-state index in [2.05, 4.69) is 5.28 Å². The summed E-state index contributed by atoms with van der Waals surface area (Å²) in [5, 5.41) is 31.3. The second kappa shape index (κ2) is 4.76. The molecular formula is C6H15N3O3. The van der Waals surface area contributed by atoms with Gasteiger partial charge in [-0.05, 0) is 5.92 Å². The predicted octanol–water partition coefficient (Wildman–Crippen LogP) is 0.202. The lowest BCUT2D eigenvalue weighted by molar-refractivity contribution is -0.713. The van der Waals surface area contributed by atoms with E-state index in [9.17, 15) is 5.21 Å². The number of hydrazine groups is 1. The minimum Gasteiger partial charge on any atom is -0.569 e. The van der Waals surface area contributed by atoms with E-state index in [1.54, 1.807) is 0 Å². The third-order valence-corrected chi connectivity index (χ3v) is 1.78. The van der Waals surface area contributed by atoms with Gasteiger partial charge in [0.05, 0.1) is 18.6 Å². The molecule has 1 atom stereocenters. The summed E-state index contributed by atoms with van der Waals surface area (Å²) in [5.41, 5.74) is 0. The van der Waals surface area contributed by atoms with Gasteiger partial charge in [-0.15, -0.1) is 5.01 Å². The molecule has 0 aromatic rings. The molecule has 12 heavy (non-hydrogen) atoms. The molecule has 0 aromatic carbocycles. The van der Waals surface area contributed by atoms with E-state index in [1.807, 2.05) is 13.8 Å². The average molecular weight is 177 g/mol. The zero-order chi connectivity index (χ0) is 9.72. The lowest BCUT2D eigenvalue weighted by Gasteiger charge is -2.24. The maximum absolute atomic E-state index is 10.7. The maximum atomic E-state index is 10.7. The van der Waals surface area contributed by atoms with Crippen LogP contribution in [0.25, 0.3) is 0 Å². The Hall–Kier alpha value is -1.04. The molecule has 0 aliphatic rings. The third kappa shape index (κ3) is 2.54. The lowest BCUT2D eigenvalue weighted by atomic mass is 10.1. The van der Waals surface area contributed by atoms with E-state index in [4.69, 9.17) is 10.3 Å². The topological polar surface area (TPSA) is 82.1 Å². The Morgan fingerprint density at radius 1 is 1.58 bits per heavy atom. The molecular weight excluding hydrogens is 162 g/mol. The van der Waals surface area contributed by atoms with Crippen molar-refractivity contribution in [2.75, 3.05) is 13.7 Å². The highest BCUT2D eigenvalue weighted by Gasteiger charge is 2.23. The van der Waals surface area contributed by atoms with Crippen LogP contribution in [-0.2, 0) is 0 Å². The minimum atomic E-state index is -0.335. The van der Waals surface area contributed by atoms with Gasteiger partial charge in [0.25, 0.3) is 0 Å². The van der Waals surface area contributed by atoms with Gasteiger partial charge in [-0.3, -0.25) is 0 Å². The number of hydrogen-bond acceptors (Lipinski definition) is 3. The SMILES string of the molecule is CC(C)[C@@H](CO)N(C)/[N+]([O-])=N/O. The van der Waals surface area contributed by atoms with E-state index in [1.165, 1.54) is 7.05 Å². The molecule has 0 spiro atoms. The van der Waals surface area contributed by atoms with Crippen molar-refractivity contribution in [3.05, 3.63) is 5.21 Å². The molecule has 2 N–H and O–H groups in total. The summed E-state index contributed by atoms with van der Waals surface area (Å²) >= 11 is 0. The molecule has 0 amide bonds. The highest BCUT2D eigenvalue weighted by Crippen LogP contribution is 2.07. The molecule has 0 radical (unpaired) electrons. The molecule has 6 nitrogen and oxygen atoms in total. The van der Waals surface area contributed by atoms with Gasteiger partial charge in [-0.25, -0.2) is 0 Å². The summed E-state index contributed by atoms with van der Waals surface area (Å²) in [7, 11) is 1.45. The quantitative estimate of drug-likeness (QED) is 0.365. The first-order valence-electron chi connectivity index (χ1n) is 3.70. The molecule has 0 saturated carbocycles. The van der Waals surface area contributed by atoms with Crippen LogP contribution in [-0.4, -0.2) is 40.0 Å². The molecule has 0 aliphatic carbocycles. The minimum absolute atomic E-state index is 0.0425. The number of aliphatic hydroxyl groups is 1. The van der Waals surface area contributed by atoms with Crippen LogP contribution in [0.15, 0.2) is 5.28 Å². The van der Waals surface area contributed by atoms with E-state index in [0.717, 1.165) is 5.01 Å². The molecule has 0 rings (SSSR count). The van der Waals surface area contributed by atoms with Crippen molar-refractivity contribution < 1.29 is 15.3 Å². The number of nitrogens with zero attached hydrogens (tertiary/aromatic N) is 3. The molecule has 0 heterocycles. The van der Waals surface area contributed by atoms with Crippen molar-refractivity contribution in [3.63, 3.8) is 0 Å². The zero-order valence-corrected chi connectivity index (χ0v) is 7.51. The molecule has 0 unspecified atom stereocenters. The number of hydrogen-bond donors (Lipinski definition) is 2. The van der Waals surface area contributed by atoms with Crippen LogP contribution in [0.4, 0.5) is 0 Å². The maximum Gasteiger partial charge on any atom is 0.230 e. The predicted molar refractivity (Wildman–Crippen MR) is 41.3 cm³/mol. The van der Waals surface area contributed by atoms with E-state index >= 15 is 0 Å². The Bertz CT molecular complexity index is 160. The van der Waals surface area contributed by atoms with Crippen LogP contribution >= 0.6 is 0 Å². The summed E-state index contributed by atoms with van der Waals surface area (Å²) in [5.74, 6) is 0.109. The first-order valence-corrected chi connectivity index (χ1v) is 3.70. The Labute approximate surface area is 71.2 Å². The summed E-state index contributed by atoms with van der Waals surface area (Å²) in [6.45, 7) is 3.58. The van der Waals surface area contributed by atoms with Crippen molar-refractivity contribution >= 4 is 0 Å². The Morgan fingerprint density at radius 2 is 2.08 bits per heavy atom. The second-order valence-electron chi connectivity index (χ2n) is 2.91. The average Bonchev–Trinajstić information content (AvgIpc) is 2.03. The zero-order valence-electron chi connectivity index (χ0n) is 7.51. The van der Waals surface area contributed by atoms with E-state index in [-0.39, 0.29) is 23.5 Å². The first kappa shape index (κ1) is 11.0. The summed E-state index contributed by atoms with van der Waals surface area (Å²) in [6.07, 6.45) is 0. The molecule has 0 fully saturated rings. The van der Waals surface area contributed by atoms with Gasteiger partial charge in [-0.1, -0.05) is 13.8 Å². The summed E-state index contributed by atoms with van der Waals surface area (Å²) in [6, 6.07) is -0.335. The monoisotopic (exact) mass is 177 g/mol. The van der Waals surface area contributed by atoms with Gasteiger partial charge in [-0.2, -0.15) is 0 Å². The van der Waals surface area contributed by atoms with Gasteiger partial charge in [0.1, 0.15) is 6.04 Å². The van der Waals surface area contributed by atoms with Crippen molar-refractivity contribution in [2.24, 2.45) is 11.2 Å². The highest BCUT2D eigenvalue weighted by molar-refractivity contribution is 4.64. The van der Waals surface area contributed by atoms with E-state index < -0.39 is 0 Å². The largest absolute Gasteiger partial charge is 0.569 e. The Morgan fingerprint density at radius 3 is 2.33 bits per heavy atom. The van der Waals surface area contributed by atoms with Crippen molar-refractivity contribution in [2.45, 2.75) is 19.9 Å². The first-order chi connectivity index (χ1) is 5.54. The molecule has 72 valence electrons. The normalized spacial score (nSPS) is 14.9. The third-order valence-electron chi connectivity index (χ3n) is 1.78. The molecule has 6 heteroatoms. The molecule has 0 bridgehead atoms. The van der Waals surface area contributed by atoms with Crippen LogP contribution in [0.5, 0.6) is 0 Å². The van der Waals surface area contributed by atoms with Gasteiger partial charge in [0, 0.05) is 0 Å². The van der Waals surface area contributed by atoms with Crippen LogP contribution < -0.4 is 0 Å². The molecule has 0 aromatic heterocycles. The smallest absolute Gasteiger partial charge is 0.230 e. The van der Waals surface area contributed by atoms with Crippen LogP contribution in [0, 0.1) is 11.1 Å². The highest BCUT2D eigenvalue weighted by atomic mass is 16.6. The summed E-state index contributed by atoms with van der Waals surface area (Å²) < 4.78 is 0. The van der Waals surface area contributed by atoms with E-state index in [0.29, 0.717) is 0 Å². The Kier molecular flexibility index (Phi) is 4.35. The second-order valence-corrected chi connectivity index (χ2v) is 2.91. The van der Waals surface area contributed by atoms with Crippen molar-refractivity contribution in [1.29, 1.82) is 0 Å². The molecule has 0 saturated heterocycles. The molecule has 0 aliphatic heterocycles. The number of likely N-dealkylation sites (N-methyl/N-ethyl adjacent to an activating group) is 1. The fourth-order valence-electron chi connectivity index (χ4n) is 0.950. The van der Waals surface area contributed by atoms with Gasteiger partial charge in [0.15, 0.2) is 0 Å². The van der Waals surface area contributed by atoms with Crippen LogP contribution in [0.2, 0.25) is 0 Å². The van der Waals surface area contributed by atoms with Gasteiger partial charge in [0.2, 0.25) is 5.28 Å². The fraction of sp³-hybridized carbons (Fsp3) is 1.00. The standard InChI is InChI=1S/C6H15N3O3/c1-5(2)6(4-10)8(3)9(12)7-11/h5-6,10-11H,4H2,1-3H3/b9-7-/t6-/m1/s1. The Balaban J connectivity index is 4.31. The fourth-order valence-corrected chi connectivity index (χ4v) is 0.950. The van der Waals surface area contributed by atoms with Gasteiger partial charge < -0.3 is 15.5 Å². The number of aliphatic hydroxyl groups excluding tert-OH is 1. The van der Waals surface area contributed by atoms with Crippen molar-refractivity contribution in [1.82, 2.24) is 5.01 Å². The number of rotatable bonds is 4. The summed E-state index contributed by atoms with van der Waals surface area (Å²) in [4.78, 5) is 0.0425. The van der Waals surface area contributed by atoms with Crippen LogP contribution in [0.1, 0.15) is 13.8 Å². The van der Waals surface area contributed by atoms with Crippen LogP contribution in [0.3, 0.4) is 0 Å².